The molecule has 5 nitrogen and oxygen atoms in total. The van der Waals surface area contributed by atoms with Crippen molar-refractivity contribution >= 4 is 23.0 Å². The van der Waals surface area contributed by atoms with Crippen molar-refractivity contribution in [3.8, 4) is 0 Å². The molecule has 0 aliphatic rings. The van der Waals surface area contributed by atoms with Crippen molar-refractivity contribution in [2.75, 3.05) is 6.26 Å². The molecular weight excluding hydrogens is 226 g/mol. The molecule has 0 amide bonds. The maximum Gasteiger partial charge on any atom is 0.328 e. The lowest BCUT2D eigenvalue weighted by Crippen LogP contribution is -1.96. The van der Waals surface area contributed by atoms with Crippen LogP contribution in [0.15, 0.2) is 17.2 Å². The van der Waals surface area contributed by atoms with Gasteiger partial charge in [0.1, 0.15) is 5.52 Å². The zero-order valence-corrected chi connectivity index (χ0v) is 10.0. The lowest BCUT2D eigenvalue weighted by Gasteiger charge is -2.01. The SMILES string of the molecule is CSc1nn2c(C)c(C)ccc2c1[N+](=O)[O-]. The monoisotopic (exact) mass is 237 g/mol. The summed E-state index contributed by atoms with van der Waals surface area (Å²) in [4.78, 5) is 10.6. The van der Waals surface area contributed by atoms with E-state index in [4.69, 9.17) is 0 Å². The largest absolute Gasteiger partial charge is 0.328 e. The Kier molecular flexibility index (Phi) is 2.59. The van der Waals surface area contributed by atoms with Crippen molar-refractivity contribution in [1.29, 1.82) is 0 Å². The molecule has 0 aromatic carbocycles. The van der Waals surface area contributed by atoms with Crippen molar-refractivity contribution in [2.45, 2.75) is 18.9 Å². The fourth-order valence-electron chi connectivity index (χ4n) is 1.61. The van der Waals surface area contributed by atoms with Crippen molar-refractivity contribution in [3.05, 3.63) is 33.5 Å². The first kappa shape index (κ1) is 10.9. The Morgan fingerprint density at radius 3 is 2.69 bits per heavy atom. The van der Waals surface area contributed by atoms with E-state index in [0.29, 0.717) is 10.5 Å². The van der Waals surface area contributed by atoms with Crippen LogP contribution in [0, 0.1) is 24.0 Å². The summed E-state index contributed by atoms with van der Waals surface area (Å²) in [6, 6.07) is 3.62. The highest BCUT2D eigenvalue weighted by Crippen LogP contribution is 2.31. The molecule has 16 heavy (non-hydrogen) atoms. The Labute approximate surface area is 96.6 Å². The molecule has 0 aliphatic carbocycles. The van der Waals surface area contributed by atoms with Gasteiger partial charge >= 0.3 is 5.69 Å². The predicted octanol–water partition coefficient (Wildman–Crippen LogP) is 2.58. The van der Waals surface area contributed by atoms with Crippen molar-refractivity contribution in [1.82, 2.24) is 9.61 Å². The predicted molar refractivity (Wildman–Crippen MR) is 63.1 cm³/mol. The Hall–Kier alpha value is -1.56. The molecule has 0 saturated heterocycles. The third-order valence-corrected chi connectivity index (χ3v) is 3.28. The van der Waals surface area contributed by atoms with Crippen LogP contribution in [0.1, 0.15) is 11.3 Å². The third-order valence-electron chi connectivity index (χ3n) is 2.62. The summed E-state index contributed by atoms with van der Waals surface area (Å²) >= 11 is 1.29. The average molecular weight is 237 g/mol. The highest BCUT2D eigenvalue weighted by molar-refractivity contribution is 7.98. The van der Waals surface area contributed by atoms with Gasteiger partial charge in [0.15, 0.2) is 5.03 Å². The number of aryl methyl sites for hydroxylation is 2. The maximum absolute atomic E-state index is 11.0. The second-order valence-electron chi connectivity index (χ2n) is 3.51. The van der Waals surface area contributed by atoms with E-state index in [9.17, 15) is 10.1 Å². The van der Waals surface area contributed by atoms with Gasteiger partial charge in [0, 0.05) is 5.69 Å². The minimum absolute atomic E-state index is 0.0931. The van der Waals surface area contributed by atoms with Gasteiger partial charge in [-0.1, -0.05) is 6.07 Å². The van der Waals surface area contributed by atoms with Crippen LogP contribution in [-0.2, 0) is 0 Å². The number of thioether (sulfide) groups is 1. The first-order valence-electron chi connectivity index (χ1n) is 4.73. The van der Waals surface area contributed by atoms with Crippen LogP contribution < -0.4 is 0 Å². The van der Waals surface area contributed by atoms with Crippen LogP contribution >= 0.6 is 11.8 Å². The Balaban J connectivity index is 2.88. The number of nitro groups is 1. The standard InChI is InChI=1S/C10H11N3O2S/c1-6-4-5-8-9(13(14)15)10(16-3)11-12(8)7(6)2/h4-5H,1-3H3. The molecule has 84 valence electrons. The summed E-state index contributed by atoms with van der Waals surface area (Å²) < 4.78 is 1.64. The van der Waals surface area contributed by atoms with Crippen molar-refractivity contribution in [2.24, 2.45) is 0 Å². The number of pyridine rings is 1. The summed E-state index contributed by atoms with van der Waals surface area (Å²) in [5.41, 5.74) is 2.64. The van der Waals surface area contributed by atoms with Gasteiger partial charge in [-0.15, -0.1) is 11.8 Å². The molecule has 2 heterocycles. The summed E-state index contributed by atoms with van der Waals surface area (Å²) in [6.45, 7) is 3.87. The van der Waals surface area contributed by atoms with Gasteiger partial charge in [-0.2, -0.15) is 5.10 Å². The van der Waals surface area contributed by atoms with E-state index in [2.05, 4.69) is 5.10 Å². The molecule has 0 radical (unpaired) electrons. The topological polar surface area (TPSA) is 60.4 Å². The van der Waals surface area contributed by atoms with Gasteiger partial charge in [-0.25, -0.2) is 4.52 Å². The van der Waals surface area contributed by atoms with E-state index in [0.717, 1.165) is 11.3 Å². The molecular formula is C10H11N3O2S. The highest BCUT2D eigenvalue weighted by Gasteiger charge is 2.23. The van der Waals surface area contributed by atoms with Crippen LogP contribution in [0.5, 0.6) is 0 Å². The smallest absolute Gasteiger partial charge is 0.258 e. The first-order chi connectivity index (χ1) is 7.56. The summed E-state index contributed by atoms with van der Waals surface area (Å²) in [5, 5.41) is 15.7. The average Bonchev–Trinajstić information content (AvgIpc) is 2.62. The Bertz CT molecular complexity index is 577. The lowest BCUT2D eigenvalue weighted by atomic mass is 10.2. The molecule has 6 heteroatoms. The number of aromatic nitrogens is 2. The summed E-state index contributed by atoms with van der Waals surface area (Å²) in [6.07, 6.45) is 1.79. The number of fused-ring (bicyclic) bond motifs is 1. The molecule has 2 rings (SSSR count). The van der Waals surface area contributed by atoms with E-state index in [1.165, 1.54) is 11.8 Å². The van der Waals surface area contributed by atoms with Crippen LogP contribution in [0.2, 0.25) is 0 Å². The van der Waals surface area contributed by atoms with E-state index in [1.54, 1.807) is 16.8 Å². The fourth-order valence-corrected chi connectivity index (χ4v) is 2.14. The lowest BCUT2D eigenvalue weighted by molar-refractivity contribution is -0.386. The highest BCUT2D eigenvalue weighted by atomic mass is 32.2. The quantitative estimate of drug-likeness (QED) is 0.457. The molecule has 0 unspecified atom stereocenters. The molecule has 0 atom stereocenters. The van der Waals surface area contributed by atoms with Gasteiger partial charge in [0.2, 0.25) is 0 Å². The minimum Gasteiger partial charge on any atom is -0.258 e. The zero-order chi connectivity index (χ0) is 11.9. The molecule has 0 saturated carbocycles. The van der Waals surface area contributed by atoms with Gasteiger partial charge in [-0.05, 0) is 31.7 Å². The van der Waals surface area contributed by atoms with Gasteiger partial charge in [0.05, 0.1) is 4.92 Å². The van der Waals surface area contributed by atoms with Gasteiger partial charge < -0.3 is 0 Å². The molecule has 2 aromatic heterocycles. The van der Waals surface area contributed by atoms with Crippen LogP contribution in [-0.4, -0.2) is 20.8 Å². The van der Waals surface area contributed by atoms with E-state index >= 15 is 0 Å². The number of hydrogen-bond acceptors (Lipinski definition) is 4. The molecule has 0 N–H and O–H groups in total. The van der Waals surface area contributed by atoms with Gasteiger partial charge in [0.25, 0.3) is 0 Å². The molecule has 0 aliphatic heterocycles. The second-order valence-corrected chi connectivity index (χ2v) is 4.31. The molecule has 0 spiro atoms. The van der Waals surface area contributed by atoms with Crippen LogP contribution in [0.3, 0.4) is 0 Å². The second kappa shape index (κ2) is 3.79. The molecule has 2 aromatic rings. The molecule has 0 bridgehead atoms. The fraction of sp³-hybridized carbons (Fsp3) is 0.300. The summed E-state index contributed by atoms with van der Waals surface area (Å²) in [5.74, 6) is 0. The number of hydrogen-bond donors (Lipinski definition) is 0. The van der Waals surface area contributed by atoms with Crippen molar-refractivity contribution < 1.29 is 4.92 Å². The molecule has 0 fully saturated rings. The number of nitrogens with zero attached hydrogens (tertiary/aromatic N) is 3. The maximum atomic E-state index is 11.0. The first-order valence-corrected chi connectivity index (χ1v) is 5.96. The Morgan fingerprint density at radius 2 is 2.12 bits per heavy atom. The van der Waals surface area contributed by atoms with E-state index in [1.807, 2.05) is 19.9 Å². The normalized spacial score (nSPS) is 10.9. The minimum atomic E-state index is -0.372. The van der Waals surface area contributed by atoms with Crippen molar-refractivity contribution in [3.63, 3.8) is 0 Å². The van der Waals surface area contributed by atoms with Gasteiger partial charge in [-0.3, -0.25) is 10.1 Å². The Morgan fingerprint density at radius 1 is 1.44 bits per heavy atom. The number of rotatable bonds is 2. The van der Waals surface area contributed by atoms with Crippen LogP contribution in [0.25, 0.3) is 5.52 Å². The zero-order valence-electron chi connectivity index (χ0n) is 9.22. The van der Waals surface area contributed by atoms with Crippen LogP contribution in [0.4, 0.5) is 5.69 Å². The van der Waals surface area contributed by atoms with E-state index in [-0.39, 0.29) is 10.6 Å². The third kappa shape index (κ3) is 1.46. The van der Waals surface area contributed by atoms with E-state index < -0.39 is 0 Å². The summed E-state index contributed by atoms with van der Waals surface area (Å²) in [7, 11) is 0.